The molecule has 0 spiro atoms. The summed E-state index contributed by atoms with van der Waals surface area (Å²) in [6.45, 7) is 8.33. The number of amides is 2. The Morgan fingerprint density at radius 1 is 1.12 bits per heavy atom. The molecule has 0 heterocycles. The average Bonchev–Trinajstić information content (AvgIpc) is 2.54. The highest BCUT2D eigenvalue weighted by atomic mass is 16.7. The van der Waals surface area contributed by atoms with Gasteiger partial charge in [0.15, 0.2) is 0 Å². The van der Waals surface area contributed by atoms with Crippen molar-refractivity contribution in [3.63, 3.8) is 0 Å². The molecule has 0 radical (unpaired) electrons. The van der Waals surface area contributed by atoms with Gasteiger partial charge in [0.05, 0.1) is 12.2 Å². The molecule has 1 aromatic rings. The van der Waals surface area contributed by atoms with Crippen molar-refractivity contribution in [1.29, 1.82) is 0 Å². The number of ether oxygens (including phenoxy) is 3. The quantitative estimate of drug-likeness (QED) is 0.454. The number of hydrogen-bond acceptors (Lipinski definition) is 5. The fourth-order valence-corrected chi connectivity index (χ4v) is 2.14. The van der Waals surface area contributed by atoms with Crippen LogP contribution < -0.4 is 10.6 Å². The molecule has 0 saturated carbocycles. The van der Waals surface area contributed by atoms with E-state index in [1.165, 1.54) is 0 Å². The smallest absolute Gasteiger partial charge is 0.411 e. The summed E-state index contributed by atoms with van der Waals surface area (Å²) in [5.41, 5.74) is 1.18. The zero-order valence-electron chi connectivity index (χ0n) is 16.0. The summed E-state index contributed by atoms with van der Waals surface area (Å²) >= 11 is 0. The Morgan fingerprint density at radius 2 is 1.81 bits per heavy atom. The van der Waals surface area contributed by atoms with E-state index in [2.05, 4.69) is 10.6 Å². The zero-order valence-corrected chi connectivity index (χ0v) is 16.0. The number of carbonyl (C=O) groups excluding carboxylic acids is 2. The summed E-state index contributed by atoms with van der Waals surface area (Å²) in [7, 11) is 0. The van der Waals surface area contributed by atoms with Crippen LogP contribution in [0.25, 0.3) is 0 Å². The first-order chi connectivity index (χ1) is 12.4. The molecule has 1 unspecified atom stereocenters. The van der Waals surface area contributed by atoms with Crippen molar-refractivity contribution < 1.29 is 23.8 Å². The molecule has 146 valence electrons. The number of carbonyl (C=O) groups is 2. The van der Waals surface area contributed by atoms with E-state index in [0.717, 1.165) is 12.8 Å². The maximum Gasteiger partial charge on any atom is 0.411 e. The Morgan fingerprint density at radius 3 is 2.46 bits per heavy atom. The lowest BCUT2D eigenvalue weighted by Gasteiger charge is -2.13. The van der Waals surface area contributed by atoms with Crippen LogP contribution in [-0.2, 0) is 19.0 Å². The Kier molecular flexibility index (Phi) is 10.3. The van der Waals surface area contributed by atoms with E-state index in [-0.39, 0.29) is 24.9 Å². The normalized spacial score (nSPS) is 11.9. The van der Waals surface area contributed by atoms with Gasteiger partial charge in [0.2, 0.25) is 5.91 Å². The van der Waals surface area contributed by atoms with Gasteiger partial charge in [-0.25, -0.2) is 4.79 Å². The van der Waals surface area contributed by atoms with Crippen LogP contribution in [0.1, 0.15) is 47.0 Å². The van der Waals surface area contributed by atoms with Crippen molar-refractivity contribution in [1.82, 2.24) is 0 Å². The van der Waals surface area contributed by atoms with Gasteiger partial charge in [0.25, 0.3) is 0 Å². The third-order valence-electron chi connectivity index (χ3n) is 3.39. The Labute approximate surface area is 155 Å². The van der Waals surface area contributed by atoms with Crippen molar-refractivity contribution in [2.45, 2.75) is 59.2 Å². The maximum absolute atomic E-state index is 12.0. The highest BCUT2D eigenvalue weighted by Gasteiger charge is 2.08. The van der Waals surface area contributed by atoms with Crippen LogP contribution in [0.2, 0.25) is 0 Å². The summed E-state index contributed by atoms with van der Waals surface area (Å²) < 4.78 is 15.6. The van der Waals surface area contributed by atoms with Crippen LogP contribution in [0, 0.1) is 0 Å². The van der Waals surface area contributed by atoms with Gasteiger partial charge < -0.3 is 19.5 Å². The molecule has 1 atom stereocenters. The van der Waals surface area contributed by atoms with Crippen LogP contribution in [0.4, 0.5) is 16.2 Å². The van der Waals surface area contributed by atoms with Gasteiger partial charge in [-0.2, -0.15) is 0 Å². The minimum Gasteiger partial charge on any atom is -0.447 e. The lowest BCUT2D eigenvalue weighted by atomic mass is 10.1. The molecular formula is C19H30N2O5. The highest BCUT2D eigenvalue weighted by molar-refractivity contribution is 5.92. The molecule has 0 aliphatic rings. The molecule has 0 bridgehead atoms. The Hall–Kier alpha value is -2.12. The number of rotatable bonds is 11. The predicted octanol–water partition coefficient (Wildman–Crippen LogP) is 4.15. The van der Waals surface area contributed by atoms with Crippen LogP contribution in [0.5, 0.6) is 0 Å². The molecule has 2 N–H and O–H groups in total. The molecule has 0 aliphatic heterocycles. The maximum atomic E-state index is 12.0. The molecule has 26 heavy (non-hydrogen) atoms. The minimum absolute atomic E-state index is 0.0499. The highest BCUT2D eigenvalue weighted by Crippen LogP contribution is 2.16. The predicted molar refractivity (Wildman–Crippen MR) is 101 cm³/mol. The van der Waals surface area contributed by atoms with E-state index in [9.17, 15) is 9.59 Å². The van der Waals surface area contributed by atoms with Crippen LogP contribution in [-0.4, -0.2) is 37.6 Å². The van der Waals surface area contributed by atoms with Gasteiger partial charge in [-0.05, 0) is 58.7 Å². The number of hydrogen-bond donors (Lipinski definition) is 2. The monoisotopic (exact) mass is 366 g/mol. The lowest BCUT2D eigenvalue weighted by Crippen LogP contribution is -2.18. The first-order valence-corrected chi connectivity index (χ1v) is 8.97. The average molecular weight is 366 g/mol. The fourth-order valence-electron chi connectivity index (χ4n) is 2.14. The zero-order chi connectivity index (χ0) is 19.4. The van der Waals surface area contributed by atoms with E-state index >= 15 is 0 Å². The van der Waals surface area contributed by atoms with Crippen LogP contribution in [0.15, 0.2) is 24.3 Å². The number of nitrogens with one attached hydrogen (secondary N) is 2. The molecule has 2 amide bonds. The molecule has 0 aliphatic carbocycles. The lowest BCUT2D eigenvalue weighted by molar-refractivity contribution is -0.116. The summed E-state index contributed by atoms with van der Waals surface area (Å²) in [6.07, 6.45) is 1.23. The Balaban J connectivity index is 2.35. The molecule has 7 nitrogen and oxygen atoms in total. The standard InChI is InChI=1S/C19H30N2O5/c1-5-24-13-25-15(4)8-6-11-18(22)20-16-9-7-10-17(12-16)21-19(23)26-14(2)3/h7,9-10,12,14-15H,5-6,8,11,13H2,1-4H3,(H,20,22)(H,21,23). The second kappa shape index (κ2) is 12.3. The first kappa shape index (κ1) is 21.9. The Bertz CT molecular complexity index is 563. The summed E-state index contributed by atoms with van der Waals surface area (Å²) in [5, 5.41) is 5.45. The summed E-state index contributed by atoms with van der Waals surface area (Å²) in [5.74, 6) is -0.0797. The summed E-state index contributed by atoms with van der Waals surface area (Å²) in [6, 6.07) is 6.94. The molecular weight excluding hydrogens is 336 g/mol. The largest absolute Gasteiger partial charge is 0.447 e. The third kappa shape index (κ3) is 10.0. The minimum atomic E-state index is -0.524. The topological polar surface area (TPSA) is 85.9 Å². The fraction of sp³-hybridized carbons (Fsp3) is 0.579. The number of anilines is 2. The van der Waals surface area contributed by atoms with Gasteiger partial charge in [-0.3, -0.25) is 10.1 Å². The second-order valence-electron chi connectivity index (χ2n) is 6.19. The van der Waals surface area contributed by atoms with Crippen molar-refractivity contribution in [3.05, 3.63) is 24.3 Å². The van der Waals surface area contributed by atoms with Crippen molar-refractivity contribution in [2.75, 3.05) is 24.0 Å². The van der Waals surface area contributed by atoms with E-state index < -0.39 is 6.09 Å². The van der Waals surface area contributed by atoms with Crippen molar-refractivity contribution >= 4 is 23.4 Å². The molecule has 0 fully saturated rings. The molecule has 1 aromatic carbocycles. The van der Waals surface area contributed by atoms with E-state index in [0.29, 0.717) is 24.4 Å². The molecule has 0 aromatic heterocycles. The molecule has 0 saturated heterocycles. The van der Waals surface area contributed by atoms with Crippen LogP contribution >= 0.6 is 0 Å². The van der Waals surface area contributed by atoms with Crippen molar-refractivity contribution in [2.24, 2.45) is 0 Å². The number of benzene rings is 1. The third-order valence-corrected chi connectivity index (χ3v) is 3.39. The van der Waals surface area contributed by atoms with E-state index in [1.807, 2.05) is 13.8 Å². The van der Waals surface area contributed by atoms with Crippen LogP contribution in [0.3, 0.4) is 0 Å². The summed E-state index contributed by atoms with van der Waals surface area (Å²) in [4.78, 5) is 23.7. The van der Waals surface area contributed by atoms with Gasteiger partial charge >= 0.3 is 6.09 Å². The van der Waals surface area contributed by atoms with E-state index in [4.69, 9.17) is 14.2 Å². The molecule has 7 heteroatoms. The SMILES string of the molecule is CCOCOC(C)CCCC(=O)Nc1cccc(NC(=O)OC(C)C)c1. The van der Waals surface area contributed by atoms with Gasteiger partial charge in [-0.1, -0.05) is 6.07 Å². The van der Waals surface area contributed by atoms with E-state index in [1.54, 1.807) is 38.1 Å². The van der Waals surface area contributed by atoms with Gasteiger partial charge in [-0.15, -0.1) is 0 Å². The second-order valence-corrected chi connectivity index (χ2v) is 6.19. The first-order valence-electron chi connectivity index (χ1n) is 8.97. The van der Waals surface area contributed by atoms with Gasteiger partial charge in [0, 0.05) is 24.4 Å². The molecule has 1 rings (SSSR count). The van der Waals surface area contributed by atoms with Gasteiger partial charge in [0.1, 0.15) is 6.79 Å². The van der Waals surface area contributed by atoms with Crippen molar-refractivity contribution in [3.8, 4) is 0 Å².